The molecule has 7 nitrogen and oxygen atoms in total. The van der Waals surface area contributed by atoms with E-state index in [-0.39, 0.29) is 5.56 Å². The molecule has 2 heterocycles. The molecule has 0 aliphatic carbocycles. The average Bonchev–Trinajstić information content (AvgIpc) is 2.75. The lowest BCUT2D eigenvalue weighted by atomic mass is 10.2. The Morgan fingerprint density at radius 1 is 0.862 bits per heavy atom. The minimum Gasteiger partial charge on any atom is -0.497 e. The van der Waals surface area contributed by atoms with Crippen molar-refractivity contribution in [3.8, 4) is 11.4 Å². The Morgan fingerprint density at radius 2 is 1.45 bits per heavy atom. The molecule has 3 aromatic rings. The lowest BCUT2D eigenvalue weighted by Crippen LogP contribution is -2.48. The van der Waals surface area contributed by atoms with Crippen LogP contribution in [0.2, 0.25) is 5.02 Å². The summed E-state index contributed by atoms with van der Waals surface area (Å²) in [5.74, 6) is 1.37. The molecule has 1 fully saturated rings. The van der Waals surface area contributed by atoms with Gasteiger partial charge in [-0.15, -0.1) is 0 Å². The number of piperazine rings is 1. The predicted octanol–water partition coefficient (Wildman–Crippen LogP) is 2.51. The lowest BCUT2D eigenvalue weighted by molar-refractivity contribution is 0.415. The van der Waals surface area contributed by atoms with Gasteiger partial charge in [-0.3, -0.25) is 9.78 Å². The van der Waals surface area contributed by atoms with Crippen LogP contribution in [0.1, 0.15) is 0 Å². The van der Waals surface area contributed by atoms with Gasteiger partial charge in [0.1, 0.15) is 11.6 Å². The summed E-state index contributed by atoms with van der Waals surface area (Å²) in [6, 6.07) is 16.0. The predicted molar refractivity (Wildman–Crippen MR) is 115 cm³/mol. The molecule has 1 N–H and O–H groups in total. The number of nitrogens with one attached hydrogen (secondary N) is 1. The fourth-order valence-corrected chi connectivity index (χ4v) is 3.61. The minimum atomic E-state index is -0.465. The summed E-state index contributed by atoms with van der Waals surface area (Å²) in [5, 5.41) is 0.546. The molecular weight excluding hydrogens is 392 g/mol. The fourth-order valence-electron chi connectivity index (χ4n) is 3.49. The molecule has 8 heteroatoms. The zero-order chi connectivity index (χ0) is 20.4. The maximum absolute atomic E-state index is 12.6. The van der Waals surface area contributed by atoms with Crippen LogP contribution in [0.15, 0.2) is 64.2 Å². The van der Waals surface area contributed by atoms with E-state index < -0.39 is 5.69 Å². The first-order valence-electron chi connectivity index (χ1n) is 9.31. The number of ether oxygens (including phenoxy) is 1. The van der Waals surface area contributed by atoms with Gasteiger partial charge < -0.3 is 14.5 Å². The van der Waals surface area contributed by atoms with Crippen LogP contribution in [0.3, 0.4) is 0 Å². The van der Waals surface area contributed by atoms with E-state index >= 15 is 0 Å². The molecule has 29 heavy (non-hydrogen) atoms. The Kier molecular flexibility index (Phi) is 5.31. The van der Waals surface area contributed by atoms with Crippen molar-refractivity contribution in [2.75, 3.05) is 43.1 Å². The number of rotatable bonds is 4. The van der Waals surface area contributed by atoms with Crippen molar-refractivity contribution in [3.05, 3.63) is 80.5 Å². The maximum Gasteiger partial charge on any atom is 0.334 e. The Morgan fingerprint density at radius 3 is 2.03 bits per heavy atom. The van der Waals surface area contributed by atoms with E-state index in [1.165, 1.54) is 6.07 Å². The van der Waals surface area contributed by atoms with Gasteiger partial charge in [-0.1, -0.05) is 11.6 Å². The number of anilines is 2. The summed E-state index contributed by atoms with van der Waals surface area (Å²) in [6.07, 6.45) is 0. The van der Waals surface area contributed by atoms with Crippen LogP contribution < -0.4 is 25.8 Å². The molecule has 1 saturated heterocycles. The summed E-state index contributed by atoms with van der Waals surface area (Å²) in [7, 11) is 1.65. The number of methoxy groups -OCH3 is 1. The number of H-pyrrole nitrogens is 1. The van der Waals surface area contributed by atoms with Gasteiger partial charge in [0.15, 0.2) is 0 Å². The smallest absolute Gasteiger partial charge is 0.334 e. The first kappa shape index (κ1) is 19.1. The molecule has 150 valence electrons. The van der Waals surface area contributed by atoms with E-state index in [2.05, 4.69) is 9.88 Å². The van der Waals surface area contributed by atoms with Gasteiger partial charge >= 0.3 is 5.69 Å². The number of hydrogen-bond acceptors (Lipinski definition) is 5. The summed E-state index contributed by atoms with van der Waals surface area (Å²) in [4.78, 5) is 32.3. The zero-order valence-electron chi connectivity index (χ0n) is 16.0. The molecule has 4 rings (SSSR count). The highest BCUT2D eigenvalue weighted by molar-refractivity contribution is 6.30. The summed E-state index contributed by atoms with van der Waals surface area (Å²) >= 11 is 5.89. The second kappa shape index (κ2) is 8.05. The number of nitrogens with zero attached hydrogens (tertiary/aromatic N) is 3. The van der Waals surface area contributed by atoms with Crippen molar-refractivity contribution < 1.29 is 4.74 Å². The highest BCUT2D eigenvalue weighted by atomic mass is 35.5. The average molecular weight is 413 g/mol. The third-order valence-corrected chi connectivity index (χ3v) is 5.31. The summed E-state index contributed by atoms with van der Waals surface area (Å²) in [6.45, 7) is 2.97. The number of aromatic amines is 1. The molecule has 2 aromatic carbocycles. The van der Waals surface area contributed by atoms with Crippen LogP contribution >= 0.6 is 11.6 Å². The number of hydrogen-bond donors (Lipinski definition) is 1. The molecule has 0 bridgehead atoms. The molecule has 0 amide bonds. The van der Waals surface area contributed by atoms with E-state index in [1.807, 2.05) is 29.2 Å². The maximum atomic E-state index is 12.6. The van der Waals surface area contributed by atoms with Crippen molar-refractivity contribution in [1.29, 1.82) is 0 Å². The van der Waals surface area contributed by atoms with Gasteiger partial charge in [0, 0.05) is 43.0 Å². The normalized spacial score (nSPS) is 14.1. The highest BCUT2D eigenvalue weighted by Gasteiger charge is 2.19. The molecule has 1 aliphatic heterocycles. The van der Waals surface area contributed by atoms with Crippen molar-refractivity contribution in [3.63, 3.8) is 0 Å². The van der Waals surface area contributed by atoms with Gasteiger partial charge in [-0.25, -0.2) is 9.36 Å². The monoisotopic (exact) mass is 412 g/mol. The van der Waals surface area contributed by atoms with Crippen molar-refractivity contribution in [1.82, 2.24) is 9.55 Å². The van der Waals surface area contributed by atoms with E-state index in [9.17, 15) is 9.59 Å². The Balaban J connectivity index is 1.50. The van der Waals surface area contributed by atoms with Gasteiger partial charge in [-0.05, 0) is 48.5 Å². The third-order valence-electron chi connectivity index (χ3n) is 5.06. The number of benzene rings is 2. The molecule has 0 saturated carbocycles. The highest BCUT2D eigenvalue weighted by Crippen LogP contribution is 2.21. The van der Waals surface area contributed by atoms with E-state index in [4.69, 9.17) is 16.3 Å². The van der Waals surface area contributed by atoms with Gasteiger partial charge in [0.2, 0.25) is 0 Å². The van der Waals surface area contributed by atoms with Crippen LogP contribution in [0.25, 0.3) is 5.69 Å². The Hall–Kier alpha value is -3.19. The SMILES string of the molecule is COc1ccc(N2CCN(c3cc(=O)n(-c4ccc(Cl)cc4)c(=O)[nH]3)CC2)cc1. The quantitative estimate of drug-likeness (QED) is 0.713. The zero-order valence-corrected chi connectivity index (χ0v) is 16.7. The second-order valence-corrected chi connectivity index (χ2v) is 7.22. The van der Waals surface area contributed by atoms with E-state index in [1.54, 1.807) is 31.4 Å². The largest absolute Gasteiger partial charge is 0.497 e. The van der Waals surface area contributed by atoms with Crippen molar-refractivity contribution in [2.45, 2.75) is 0 Å². The number of aromatic nitrogens is 2. The fraction of sp³-hybridized carbons (Fsp3) is 0.238. The van der Waals surface area contributed by atoms with Crippen LogP contribution in [-0.4, -0.2) is 42.8 Å². The molecule has 0 unspecified atom stereocenters. The minimum absolute atomic E-state index is 0.372. The summed E-state index contributed by atoms with van der Waals surface area (Å²) in [5.41, 5.74) is 0.768. The van der Waals surface area contributed by atoms with Crippen molar-refractivity contribution in [2.24, 2.45) is 0 Å². The van der Waals surface area contributed by atoms with Crippen LogP contribution in [0.4, 0.5) is 11.5 Å². The van der Waals surface area contributed by atoms with Crippen LogP contribution in [-0.2, 0) is 0 Å². The molecule has 0 radical (unpaired) electrons. The number of halogens is 1. The van der Waals surface area contributed by atoms with Crippen LogP contribution in [0, 0.1) is 0 Å². The molecule has 1 aromatic heterocycles. The molecule has 0 atom stereocenters. The molecule has 1 aliphatic rings. The van der Waals surface area contributed by atoms with Gasteiger partial charge in [-0.2, -0.15) is 0 Å². The Bertz CT molecular complexity index is 1070. The van der Waals surface area contributed by atoms with Crippen LogP contribution in [0.5, 0.6) is 5.75 Å². The standard InChI is InChI=1S/C21H21ClN4O3/c1-29-18-8-6-16(7-9-18)24-10-12-25(13-11-24)19-14-20(27)26(21(28)23-19)17-4-2-15(22)3-5-17/h2-9,14H,10-13H2,1H3,(H,23,28). The first-order chi connectivity index (χ1) is 14.0. The van der Waals surface area contributed by atoms with E-state index in [0.717, 1.165) is 29.1 Å². The lowest BCUT2D eigenvalue weighted by Gasteiger charge is -2.37. The van der Waals surface area contributed by atoms with Gasteiger partial charge in [0.05, 0.1) is 12.8 Å². The van der Waals surface area contributed by atoms with Crippen molar-refractivity contribution >= 4 is 23.1 Å². The first-order valence-corrected chi connectivity index (χ1v) is 9.69. The Labute approximate surface area is 172 Å². The molecule has 0 spiro atoms. The van der Waals surface area contributed by atoms with Gasteiger partial charge in [0.25, 0.3) is 5.56 Å². The topological polar surface area (TPSA) is 70.6 Å². The second-order valence-electron chi connectivity index (χ2n) is 6.78. The third kappa shape index (κ3) is 4.00. The van der Waals surface area contributed by atoms with E-state index in [0.29, 0.717) is 29.6 Å². The molecular formula is C21H21ClN4O3. The summed E-state index contributed by atoms with van der Waals surface area (Å²) < 4.78 is 6.31.